The first-order chi connectivity index (χ1) is 7.97. The third-order valence-corrected chi connectivity index (χ3v) is 3.19. The Hall–Kier alpha value is -0.880. The lowest BCUT2D eigenvalue weighted by Gasteiger charge is -2.10. The molecule has 0 bridgehead atoms. The standard InChI is InChI=1S/C10H8BrClF2O3/c1-2-16-9(15)5-3-4-6(17-10(13)14)8(12)7(5)11/h3-4,10H,2H2,1H3. The summed E-state index contributed by atoms with van der Waals surface area (Å²) in [6.07, 6.45) is 0. The summed E-state index contributed by atoms with van der Waals surface area (Å²) >= 11 is 8.81. The molecule has 0 amide bonds. The van der Waals surface area contributed by atoms with E-state index in [1.54, 1.807) is 6.92 Å². The van der Waals surface area contributed by atoms with Crippen LogP contribution < -0.4 is 4.74 Å². The highest BCUT2D eigenvalue weighted by molar-refractivity contribution is 9.10. The first-order valence-electron chi connectivity index (χ1n) is 4.57. The quantitative estimate of drug-likeness (QED) is 0.786. The van der Waals surface area contributed by atoms with Crippen LogP contribution in [-0.2, 0) is 4.74 Å². The SMILES string of the molecule is CCOC(=O)c1ccc(OC(F)F)c(Cl)c1Br. The van der Waals surface area contributed by atoms with Gasteiger partial charge in [-0.3, -0.25) is 0 Å². The van der Waals surface area contributed by atoms with Crippen molar-refractivity contribution in [1.29, 1.82) is 0 Å². The molecule has 0 aliphatic rings. The molecular formula is C10H8BrClF2O3. The number of esters is 1. The average Bonchev–Trinajstić information content (AvgIpc) is 2.24. The molecule has 3 nitrogen and oxygen atoms in total. The molecule has 1 aromatic carbocycles. The number of halogens is 4. The van der Waals surface area contributed by atoms with Crippen molar-refractivity contribution in [1.82, 2.24) is 0 Å². The van der Waals surface area contributed by atoms with Crippen LogP contribution in [0.1, 0.15) is 17.3 Å². The second-order valence-electron chi connectivity index (χ2n) is 2.84. The van der Waals surface area contributed by atoms with Gasteiger partial charge >= 0.3 is 12.6 Å². The Morgan fingerprint density at radius 3 is 2.71 bits per heavy atom. The van der Waals surface area contributed by atoms with Gasteiger partial charge in [0.1, 0.15) is 5.75 Å². The number of benzene rings is 1. The number of hydrogen-bond donors (Lipinski definition) is 0. The van der Waals surface area contributed by atoms with Crippen molar-refractivity contribution in [3.63, 3.8) is 0 Å². The van der Waals surface area contributed by atoms with Crippen molar-refractivity contribution in [2.45, 2.75) is 13.5 Å². The van der Waals surface area contributed by atoms with E-state index in [2.05, 4.69) is 20.7 Å². The fraction of sp³-hybridized carbons (Fsp3) is 0.300. The molecule has 0 atom stereocenters. The number of carbonyl (C=O) groups is 1. The van der Waals surface area contributed by atoms with Gasteiger partial charge in [0.15, 0.2) is 0 Å². The minimum Gasteiger partial charge on any atom is -0.462 e. The second kappa shape index (κ2) is 6.16. The molecule has 17 heavy (non-hydrogen) atoms. The van der Waals surface area contributed by atoms with Crippen LogP contribution >= 0.6 is 27.5 Å². The van der Waals surface area contributed by atoms with Gasteiger partial charge in [-0.15, -0.1) is 0 Å². The lowest BCUT2D eigenvalue weighted by molar-refractivity contribution is -0.0498. The van der Waals surface area contributed by atoms with Crippen LogP contribution in [0.5, 0.6) is 5.75 Å². The molecule has 0 aromatic heterocycles. The van der Waals surface area contributed by atoms with E-state index in [-0.39, 0.29) is 27.4 Å². The zero-order chi connectivity index (χ0) is 13.0. The first-order valence-corrected chi connectivity index (χ1v) is 5.74. The van der Waals surface area contributed by atoms with Crippen LogP contribution in [0.15, 0.2) is 16.6 Å². The van der Waals surface area contributed by atoms with Crippen LogP contribution in [-0.4, -0.2) is 19.2 Å². The van der Waals surface area contributed by atoms with Crippen LogP contribution in [0.2, 0.25) is 5.02 Å². The van der Waals surface area contributed by atoms with E-state index < -0.39 is 12.6 Å². The highest BCUT2D eigenvalue weighted by Gasteiger charge is 2.18. The van der Waals surface area contributed by atoms with Crippen molar-refractivity contribution in [2.75, 3.05) is 6.61 Å². The molecule has 1 aromatic rings. The minimum atomic E-state index is -2.98. The van der Waals surface area contributed by atoms with Gasteiger partial charge < -0.3 is 9.47 Å². The number of rotatable bonds is 4. The van der Waals surface area contributed by atoms with Gasteiger partial charge in [0.05, 0.1) is 21.7 Å². The van der Waals surface area contributed by atoms with E-state index >= 15 is 0 Å². The van der Waals surface area contributed by atoms with Gasteiger partial charge in [-0.25, -0.2) is 4.79 Å². The van der Waals surface area contributed by atoms with Gasteiger partial charge in [0.25, 0.3) is 0 Å². The van der Waals surface area contributed by atoms with Gasteiger partial charge in [0, 0.05) is 0 Å². The molecule has 0 aliphatic carbocycles. The van der Waals surface area contributed by atoms with E-state index in [0.717, 1.165) is 0 Å². The molecule has 0 aliphatic heterocycles. The summed E-state index contributed by atoms with van der Waals surface area (Å²) in [4.78, 5) is 11.5. The van der Waals surface area contributed by atoms with Gasteiger partial charge in [-0.1, -0.05) is 11.6 Å². The normalized spacial score (nSPS) is 10.5. The second-order valence-corrected chi connectivity index (χ2v) is 4.01. The first kappa shape index (κ1) is 14.2. The molecule has 0 heterocycles. The fourth-order valence-electron chi connectivity index (χ4n) is 1.09. The van der Waals surface area contributed by atoms with Crippen molar-refractivity contribution in [3.8, 4) is 5.75 Å². The molecular weight excluding hydrogens is 321 g/mol. The van der Waals surface area contributed by atoms with Crippen molar-refractivity contribution in [2.24, 2.45) is 0 Å². The summed E-state index contributed by atoms with van der Waals surface area (Å²) in [6.45, 7) is -1.12. The van der Waals surface area contributed by atoms with Crippen molar-refractivity contribution in [3.05, 3.63) is 27.2 Å². The average molecular weight is 330 g/mol. The molecule has 0 radical (unpaired) electrons. The largest absolute Gasteiger partial charge is 0.462 e. The maximum atomic E-state index is 12.0. The van der Waals surface area contributed by atoms with Crippen LogP contribution in [0.25, 0.3) is 0 Å². The Morgan fingerprint density at radius 2 is 2.18 bits per heavy atom. The van der Waals surface area contributed by atoms with E-state index in [1.807, 2.05) is 0 Å². The molecule has 7 heteroatoms. The monoisotopic (exact) mass is 328 g/mol. The lowest BCUT2D eigenvalue weighted by Crippen LogP contribution is -2.07. The topological polar surface area (TPSA) is 35.5 Å². The summed E-state index contributed by atoms with van der Waals surface area (Å²) < 4.78 is 33.2. The zero-order valence-corrected chi connectivity index (χ0v) is 11.0. The summed E-state index contributed by atoms with van der Waals surface area (Å²) in [5, 5.41) is -0.101. The maximum Gasteiger partial charge on any atom is 0.387 e. The molecule has 0 saturated heterocycles. The van der Waals surface area contributed by atoms with E-state index in [4.69, 9.17) is 16.3 Å². The Balaban J connectivity index is 3.06. The summed E-state index contributed by atoms with van der Waals surface area (Å²) in [6, 6.07) is 2.48. The number of ether oxygens (including phenoxy) is 2. The third-order valence-electron chi connectivity index (χ3n) is 1.76. The lowest BCUT2D eigenvalue weighted by atomic mass is 10.2. The molecule has 1 rings (SSSR count). The Morgan fingerprint density at radius 1 is 1.53 bits per heavy atom. The summed E-state index contributed by atoms with van der Waals surface area (Å²) in [5.74, 6) is -0.800. The van der Waals surface area contributed by atoms with Crippen molar-refractivity contribution < 1.29 is 23.0 Å². The van der Waals surface area contributed by atoms with E-state index in [1.165, 1.54) is 12.1 Å². The van der Waals surface area contributed by atoms with E-state index in [9.17, 15) is 13.6 Å². The van der Waals surface area contributed by atoms with Crippen LogP contribution in [0, 0.1) is 0 Å². The Bertz CT molecular complexity index is 426. The maximum absolute atomic E-state index is 12.0. The summed E-state index contributed by atoms with van der Waals surface area (Å²) in [7, 11) is 0. The van der Waals surface area contributed by atoms with Crippen LogP contribution in [0.4, 0.5) is 8.78 Å². The molecule has 0 fully saturated rings. The van der Waals surface area contributed by atoms with Crippen LogP contribution in [0.3, 0.4) is 0 Å². The predicted molar refractivity (Wildman–Crippen MR) is 61.7 cm³/mol. The molecule has 0 saturated carbocycles. The fourth-order valence-corrected chi connectivity index (χ4v) is 1.78. The number of hydrogen-bond acceptors (Lipinski definition) is 3. The Kier molecular flexibility index (Phi) is 5.14. The number of carbonyl (C=O) groups excluding carboxylic acids is 1. The molecule has 0 N–H and O–H groups in total. The Labute approximate surface area is 110 Å². The minimum absolute atomic E-state index is 0.101. The highest BCUT2D eigenvalue weighted by Crippen LogP contribution is 2.36. The van der Waals surface area contributed by atoms with Gasteiger partial charge in [-0.05, 0) is 35.0 Å². The smallest absolute Gasteiger partial charge is 0.387 e. The van der Waals surface area contributed by atoms with Crippen molar-refractivity contribution >= 4 is 33.5 Å². The molecule has 94 valence electrons. The highest BCUT2D eigenvalue weighted by atomic mass is 79.9. The predicted octanol–water partition coefficient (Wildman–Crippen LogP) is 3.88. The zero-order valence-electron chi connectivity index (χ0n) is 8.68. The van der Waals surface area contributed by atoms with Gasteiger partial charge in [0.2, 0.25) is 0 Å². The molecule has 0 spiro atoms. The third kappa shape index (κ3) is 3.54. The van der Waals surface area contributed by atoms with Gasteiger partial charge in [-0.2, -0.15) is 8.78 Å². The number of alkyl halides is 2. The molecule has 0 unspecified atom stereocenters. The van der Waals surface area contributed by atoms with E-state index in [0.29, 0.717) is 0 Å². The summed E-state index contributed by atoms with van der Waals surface area (Å²) in [5.41, 5.74) is 0.151.